The maximum absolute atomic E-state index is 13.1. The Hall–Kier alpha value is -3.28. The predicted molar refractivity (Wildman–Crippen MR) is 194 cm³/mol. The molecule has 1 heterocycles. The van der Waals surface area contributed by atoms with E-state index in [-0.39, 0.29) is 34.8 Å². The number of ether oxygens (including phenoxy) is 2. The van der Waals surface area contributed by atoms with E-state index in [9.17, 15) is 19.8 Å². The summed E-state index contributed by atoms with van der Waals surface area (Å²) in [5.74, 6) is -0.244. The Kier molecular flexibility index (Phi) is 12.3. The average molecular weight is 659 g/mol. The first-order chi connectivity index (χ1) is 22.1. The summed E-state index contributed by atoms with van der Waals surface area (Å²) in [7, 11) is 0. The third-order valence-corrected chi connectivity index (χ3v) is 10.1. The standard InChI is InChI=1S/C42H58O6/c1-29(18-14-19-31(3)22-23-37-38(6,7)26-35(47-33(5)43)27-40(37,10)46)16-12-13-17-30(2)20-15-21-32(4)36(45)28-42-39(8,9)24-34(44)25-41(42,11)48-42/h12-22,34-35,44,46H,24-28H2,1-11H3/b13-12+,18-14+,20-15+,29-16+,30-17-,31-19+,32-21+/t23?,34-,35-,40-,41+,42-/m0/s1. The molecule has 0 aromatic carbocycles. The Morgan fingerprint density at radius 1 is 0.812 bits per heavy atom. The molecule has 0 aromatic heterocycles. The monoisotopic (exact) mass is 658 g/mol. The Morgan fingerprint density at radius 2 is 1.38 bits per heavy atom. The van der Waals surface area contributed by atoms with E-state index in [1.807, 2.05) is 115 Å². The van der Waals surface area contributed by atoms with Crippen LogP contribution < -0.4 is 0 Å². The molecule has 6 heteroatoms. The number of epoxide rings is 1. The number of carbonyl (C=O) groups is 2. The van der Waals surface area contributed by atoms with E-state index in [0.29, 0.717) is 37.7 Å². The maximum atomic E-state index is 13.1. The maximum Gasteiger partial charge on any atom is 0.302 e. The van der Waals surface area contributed by atoms with E-state index in [0.717, 1.165) is 22.3 Å². The van der Waals surface area contributed by atoms with Gasteiger partial charge < -0.3 is 19.7 Å². The highest BCUT2D eigenvalue weighted by Crippen LogP contribution is 2.67. The van der Waals surface area contributed by atoms with Gasteiger partial charge in [0.1, 0.15) is 11.7 Å². The minimum absolute atomic E-state index is 0.0816. The summed E-state index contributed by atoms with van der Waals surface area (Å²) in [5.41, 5.74) is 5.35. The van der Waals surface area contributed by atoms with Gasteiger partial charge in [-0.3, -0.25) is 9.59 Å². The molecule has 0 radical (unpaired) electrons. The molecule has 3 rings (SSSR count). The molecule has 48 heavy (non-hydrogen) atoms. The van der Waals surface area contributed by atoms with Gasteiger partial charge in [-0.25, -0.2) is 0 Å². The summed E-state index contributed by atoms with van der Waals surface area (Å²) in [6, 6.07) is 0. The second kappa shape index (κ2) is 15.1. The number of rotatable bonds is 11. The predicted octanol–water partition coefficient (Wildman–Crippen LogP) is 8.69. The fourth-order valence-electron chi connectivity index (χ4n) is 7.76. The number of hydrogen-bond acceptors (Lipinski definition) is 6. The Labute approximate surface area is 289 Å². The van der Waals surface area contributed by atoms with Crippen molar-refractivity contribution in [1.82, 2.24) is 0 Å². The summed E-state index contributed by atoms with van der Waals surface area (Å²) >= 11 is 0. The molecule has 2 aliphatic carbocycles. The lowest BCUT2D eigenvalue weighted by Crippen LogP contribution is -2.48. The molecule has 3 fully saturated rings. The third kappa shape index (κ3) is 9.66. The molecule has 1 aliphatic heterocycles. The lowest BCUT2D eigenvalue weighted by Gasteiger charge is -2.44. The zero-order valence-electron chi connectivity index (χ0n) is 31.1. The fourth-order valence-corrected chi connectivity index (χ4v) is 7.76. The van der Waals surface area contributed by atoms with Gasteiger partial charge in [-0.2, -0.15) is 0 Å². The summed E-state index contributed by atoms with van der Waals surface area (Å²) in [6.07, 6.45) is 23.6. The van der Waals surface area contributed by atoms with Gasteiger partial charge in [0.2, 0.25) is 0 Å². The van der Waals surface area contributed by atoms with E-state index >= 15 is 0 Å². The first kappa shape index (κ1) is 39.2. The molecule has 262 valence electrons. The van der Waals surface area contributed by atoms with Crippen molar-refractivity contribution in [2.24, 2.45) is 10.8 Å². The summed E-state index contributed by atoms with van der Waals surface area (Å²) in [6.45, 7) is 21.4. The number of aliphatic hydroxyl groups is 2. The lowest BCUT2D eigenvalue weighted by molar-refractivity contribution is -0.152. The van der Waals surface area contributed by atoms with E-state index in [4.69, 9.17) is 9.47 Å². The van der Waals surface area contributed by atoms with Crippen LogP contribution in [0.1, 0.15) is 108 Å². The van der Waals surface area contributed by atoms with Crippen LogP contribution in [0.5, 0.6) is 0 Å². The number of esters is 1. The number of allylic oxidation sites excluding steroid dienone is 14. The zero-order chi connectivity index (χ0) is 36.1. The Morgan fingerprint density at radius 3 is 1.92 bits per heavy atom. The molecule has 0 spiro atoms. The number of fused-ring (bicyclic) bond motifs is 1. The van der Waals surface area contributed by atoms with Gasteiger partial charge >= 0.3 is 5.97 Å². The van der Waals surface area contributed by atoms with E-state index in [1.165, 1.54) is 6.92 Å². The van der Waals surface area contributed by atoms with Gasteiger partial charge in [0, 0.05) is 31.8 Å². The van der Waals surface area contributed by atoms with Crippen molar-refractivity contribution in [3.05, 3.63) is 100 Å². The summed E-state index contributed by atoms with van der Waals surface area (Å²) in [4.78, 5) is 24.5. The second-order valence-corrected chi connectivity index (χ2v) is 15.9. The second-order valence-electron chi connectivity index (χ2n) is 15.9. The summed E-state index contributed by atoms with van der Waals surface area (Å²) in [5, 5.41) is 21.4. The quantitative estimate of drug-likeness (QED) is 0.0758. The minimum Gasteiger partial charge on any atom is -0.462 e. The van der Waals surface area contributed by atoms with Gasteiger partial charge in [0.05, 0.1) is 17.3 Å². The lowest BCUT2D eigenvalue weighted by atomic mass is 9.61. The van der Waals surface area contributed by atoms with Crippen LogP contribution in [-0.4, -0.2) is 51.0 Å². The average Bonchev–Trinajstić information content (AvgIpc) is 3.53. The third-order valence-electron chi connectivity index (χ3n) is 10.1. The van der Waals surface area contributed by atoms with Crippen molar-refractivity contribution in [1.29, 1.82) is 0 Å². The molecule has 5 atom stereocenters. The van der Waals surface area contributed by atoms with Crippen molar-refractivity contribution >= 4 is 11.8 Å². The number of hydrogen-bond donors (Lipinski definition) is 2. The van der Waals surface area contributed by atoms with Crippen LogP contribution in [-0.2, 0) is 19.1 Å². The van der Waals surface area contributed by atoms with Gasteiger partial charge in [-0.1, -0.05) is 99.6 Å². The molecule has 0 amide bonds. The Balaban J connectivity index is 1.54. The smallest absolute Gasteiger partial charge is 0.302 e. The van der Waals surface area contributed by atoms with Crippen LogP contribution in [0.4, 0.5) is 0 Å². The van der Waals surface area contributed by atoms with Crippen molar-refractivity contribution in [3.8, 4) is 0 Å². The molecule has 3 aliphatic rings. The van der Waals surface area contributed by atoms with Crippen molar-refractivity contribution in [2.75, 3.05) is 0 Å². The van der Waals surface area contributed by atoms with Crippen LogP contribution in [0.3, 0.4) is 0 Å². The SMILES string of the molecule is CC(=O)O[C@H]1CC(C)(C)C(=C=C/C(C)=C/C=C/C(C)=C/C=C/C=C(C)\C=C\C=C(/C)C(=O)C[C@@]23O[C@]2(C)C[C@@H](O)CC3(C)C)[C@@](C)(O)C1. The summed E-state index contributed by atoms with van der Waals surface area (Å²) < 4.78 is 11.6. The highest BCUT2D eigenvalue weighted by atomic mass is 16.6. The van der Waals surface area contributed by atoms with Crippen LogP contribution in [0.15, 0.2) is 100 Å². The van der Waals surface area contributed by atoms with Crippen LogP contribution in [0.25, 0.3) is 0 Å². The first-order valence-corrected chi connectivity index (χ1v) is 17.1. The van der Waals surface area contributed by atoms with E-state index < -0.39 is 16.8 Å². The van der Waals surface area contributed by atoms with Crippen molar-refractivity contribution in [2.45, 2.75) is 137 Å². The fraction of sp³-hybridized carbons (Fsp3) is 0.548. The first-order valence-electron chi connectivity index (χ1n) is 17.1. The van der Waals surface area contributed by atoms with Crippen LogP contribution >= 0.6 is 0 Å². The van der Waals surface area contributed by atoms with Gasteiger partial charge in [0.25, 0.3) is 0 Å². The van der Waals surface area contributed by atoms with E-state index in [2.05, 4.69) is 19.6 Å². The zero-order valence-corrected chi connectivity index (χ0v) is 31.1. The molecule has 2 N–H and O–H groups in total. The molecular formula is C42H58O6. The highest BCUT2D eigenvalue weighted by molar-refractivity contribution is 5.96. The molecule has 2 saturated carbocycles. The molecule has 6 nitrogen and oxygen atoms in total. The largest absolute Gasteiger partial charge is 0.462 e. The van der Waals surface area contributed by atoms with Crippen molar-refractivity contribution in [3.63, 3.8) is 0 Å². The molecular weight excluding hydrogens is 600 g/mol. The van der Waals surface area contributed by atoms with Crippen LogP contribution in [0.2, 0.25) is 0 Å². The van der Waals surface area contributed by atoms with E-state index in [1.54, 1.807) is 6.92 Å². The van der Waals surface area contributed by atoms with Crippen molar-refractivity contribution < 1.29 is 29.3 Å². The van der Waals surface area contributed by atoms with Crippen LogP contribution in [0, 0.1) is 10.8 Å². The highest BCUT2D eigenvalue weighted by Gasteiger charge is 2.76. The number of carbonyl (C=O) groups excluding carboxylic acids is 2. The molecule has 1 saturated heterocycles. The van der Waals surface area contributed by atoms with Gasteiger partial charge in [-0.05, 0) is 82.4 Å². The number of Topliss-reactive ketones (excluding diaryl/α,β-unsaturated/α-hetero) is 1. The Bertz CT molecular complexity index is 1510. The molecule has 0 bridgehead atoms. The number of aliphatic hydroxyl groups excluding tert-OH is 1. The molecule has 0 unspecified atom stereocenters. The minimum atomic E-state index is -1.11. The number of ketones is 1. The topological polar surface area (TPSA) is 96.4 Å². The van der Waals surface area contributed by atoms with Gasteiger partial charge in [-0.15, -0.1) is 5.73 Å². The normalized spacial score (nSPS) is 32.4. The van der Waals surface area contributed by atoms with Gasteiger partial charge in [0.15, 0.2) is 5.78 Å². The molecule has 0 aromatic rings.